The average molecular weight is 607 g/mol. The Labute approximate surface area is 256 Å². The Morgan fingerprint density at radius 1 is 0.450 bits per heavy atom. The van der Waals surface area contributed by atoms with Gasteiger partial charge in [0.2, 0.25) is 0 Å². The van der Waals surface area contributed by atoms with Crippen LogP contribution in [0.4, 0.5) is 0 Å². The van der Waals surface area contributed by atoms with Crippen LogP contribution in [0.2, 0.25) is 0 Å². The number of thioether (sulfide) groups is 2. The van der Waals surface area contributed by atoms with E-state index in [-0.39, 0.29) is 0 Å². The zero-order valence-electron chi connectivity index (χ0n) is 22.8. The molecule has 2 nitrogen and oxygen atoms in total. The van der Waals surface area contributed by atoms with Crippen molar-refractivity contribution in [3.8, 4) is 33.8 Å². The molecule has 40 heavy (non-hydrogen) atoms. The molecule has 2 N–H and O–H groups in total. The summed E-state index contributed by atoms with van der Waals surface area (Å²) >= 11 is 4.09. The van der Waals surface area contributed by atoms with Gasteiger partial charge in [-0.3, -0.25) is 0 Å². The molecule has 0 aliphatic carbocycles. The Hall–Kier alpha value is -2.12. The standard InChI is InChI=1S/C34H38O2S4/c35-33-17-15-27(25-31(33)29-11-3-1-4-12-29)9-7-19-37-21-23-39-40-24-22-38-20-8-10-28-16-18-34(36)32(26-28)30-13-5-2-6-14-30/h1-6,11-18,25-26,35-36H,7-10,19-24H2. The first kappa shape index (κ1) is 30.8. The van der Waals surface area contributed by atoms with Crippen LogP contribution in [0.1, 0.15) is 24.0 Å². The molecule has 0 aromatic heterocycles. The Balaban J connectivity index is 0.989. The fourth-order valence-electron chi connectivity index (χ4n) is 4.44. The molecule has 0 amide bonds. The number of rotatable bonds is 17. The van der Waals surface area contributed by atoms with Crippen LogP contribution in [0.3, 0.4) is 0 Å². The van der Waals surface area contributed by atoms with Crippen molar-refractivity contribution in [2.45, 2.75) is 25.7 Å². The van der Waals surface area contributed by atoms with E-state index in [1.54, 1.807) is 0 Å². The Kier molecular flexibility index (Phi) is 13.6. The van der Waals surface area contributed by atoms with Crippen LogP contribution in [0.25, 0.3) is 22.3 Å². The van der Waals surface area contributed by atoms with Gasteiger partial charge in [-0.1, -0.05) is 94.4 Å². The molecule has 6 heteroatoms. The van der Waals surface area contributed by atoms with Gasteiger partial charge in [0.1, 0.15) is 11.5 Å². The number of aryl methyl sites for hydroxylation is 2. The molecular weight excluding hydrogens is 569 g/mol. The van der Waals surface area contributed by atoms with Gasteiger partial charge in [0, 0.05) is 34.1 Å². The lowest BCUT2D eigenvalue weighted by molar-refractivity contribution is 0.476. The van der Waals surface area contributed by atoms with Crippen LogP contribution in [-0.4, -0.2) is 44.7 Å². The number of phenols is 2. The second-order valence-corrected chi connectivity index (χ2v) is 14.7. The van der Waals surface area contributed by atoms with Crippen molar-refractivity contribution >= 4 is 45.1 Å². The lowest BCUT2D eigenvalue weighted by Gasteiger charge is -2.08. The van der Waals surface area contributed by atoms with Crippen molar-refractivity contribution in [1.82, 2.24) is 0 Å². The smallest absolute Gasteiger partial charge is 0.123 e. The van der Waals surface area contributed by atoms with Crippen molar-refractivity contribution in [2.24, 2.45) is 0 Å². The third-order valence-corrected chi connectivity index (χ3v) is 11.6. The van der Waals surface area contributed by atoms with Gasteiger partial charge in [-0.2, -0.15) is 23.5 Å². The number of phenolic OH excluding ortho intramolecular Hbond substituents is 2. The zero-order chi connectivity index (χ0) is 27.8. The predicted octanol–water partition coefficient (Wildman–Crippen LogP) is 9.84. The summed E-state index contributed by atoms with van der Waals surface area (Å²) in [6, 6.07) is 32.2. The quantitative estimate of drug-likeness (QED) is 0.0921. The monoisotopic (exact) mass is 606 g/mol. The van der Waals surface area contributed by atoms with E-state index in [1.165, 1.54) is 45.6 Å². The van der Waals surface area contributed by atoms with E-state index in [0.29, 0.717) is 11.5 Å². The van der Waals surface area contributed by atoms with E-state index in [9.17, 15) is 10.2 Å². The van der Waals surface area contributed by atoms with Gasteiger partial charge in [0.05, 0.1) is 0 Å². The molecule has 0 unspecified atom stereocenters. The van der Waals surface area contributed by atoms with E-state index in [4.69, 9.17) is 0 Å². The highest BCUT2D eigenvalue weighted by Gasteiger charge is 2.07. The molecule has 4 rings (SSSR count). The summed E-state index contributed by atoms with van der Waals surface area (Å²) in [6.45, 7) is 0. The van der Waals surface area contributed by atoms with Gasteiger partial charge in [-0.05, 0) is 83.7 Å². The minimum absolute atomic E-state index is 0.351. The summed E-state index contributed by atoms with van der Waals surface area (Å²) in [6.07, 6.45) is 4.42. The van der Waals surface area contributed by atoms with E-state index < -0.39 is 0 Å². The number of benzene rings is 4. The SMILES string of the molecule is Oc1ccc(CCCSCCSSCCSCCCc2ccc(O)c(-c3ccccc3)c2)cc1-c1ccccc1. The molecule has 0 aliphatic heterocycles. The second kappa shape index (κ2) is 17.6. The van der Waals surface area contributed by atoms with Gasteiger partial charge in [-0.25, -0.2) is 0 Å². The Bertz CT molecular complexity index is 1180. The number of aromatic hydroxyl groups is 2. The largest absolute Gasteiger partial charge is 0.507 e. The molecule has 0 heterocycles. The maximum Gasteiger partial charge on any atom is 0.123 e. The first-order chi connectivity index (χ1) is 19.7. The Morgan fingerprint density at radius 3 is 1.30 bits per heavy atom. The first-order valence-electron chi connectivity index (χ1n) is 13.9. The van der Waals surface area contributed by atoms with Gasteiger partial charge in [-0.15, -0.1) is 0 Å². The molecule has 0 aliphatic rings. The van der Waals surface area contributed by atoms with Gasteiger partial charge < -0.3 is 10.2 Å². The predicted molar refractivity (Wildman–Crippen MR) is 183 cm³/mol. The maximum atomic E-state index is 10.2. The second-order valence-electron chi connectivity index (χ2n) is 9.51. The van der Waals surface area contributed by atoms with Gasteiger partial charge >= 0.3 is 0 Å². The molecule has 0 radical (unpaired) electrons. The third kappa shape index (κ3) is 10.4. The summed E-state index contributed by atoms with van der Waals surface area (Å²) in [5.41, 5.74) is 6.56. The molecule has 0 saturated carbocycles. The summed E-state index contributed by atoms with van der Waals surface area (Å²) in [4.78, 5) is 0. The first-order valence-corrected chi connectivity index (χ1v) is 18.6. The van der Waals surface area contributed by atoms with Crippen molar-refractivity contribution in [1.29, 1.82) is 0 Å². The molecule has 0 spiro atoms. The summed E-state index contributed by atoms with van der Waals surface area (Å²) in [7, 11) is 4.00. The highest BCUT2D eigenvalue weighted by molar-refractivity contribution is 8.76. The molecule has 0 saturated heterocycles. The van der Waals surface area contributed by atoms with E-state index in [2.05, 4.69) is 12.1 Å². The molecule has 210 valence electrons. The minimum atomic E-state index is 0.351. The minimum Gasteiger partial charge on any atom is -0.507 e. The summed E-state index contributed by atoms with van der Waals surface area (Å²) in [5, 5.41) is 20.5. The number of hydrogen-bond donors (Lipinski definition) is 2. The fraction of sp³-hybridized carbons (Fsp3) is 0.294. The van der Waals surface area contributed by atoms with Crippen LogP contribution in [0.5, 0.6) is 11.5 Å². The molecular formula is C34H38O2S4. The van der Waals surface area contributed by atoms with Crippen molar-refractivity contribution in [3.05, 3.63) is 108 Å². The average Bonchev–Trinajstić information content (AvgIpc) is 2.99. The maximum absolute atomic E-state index is 10.2. The van der Waals surface area contributed by atoms with E-state index in [1.807, 2.05) is 130 Å². The normalized spacial score (nSPS) is 11.1. The van der Waals surface area contributed by atoms with E-state index >= 15 is 0 Å². The van der Waals surface area contributed by atoms with Gasteiger partial charge in [0.15, 0.2) is 0 Å². The van der Waals surface area contributed by atoms with Crippen LogP contribution in [-0.2, 0) is 12.8 Å². The van der Waals surface area contributed by atoms with Crippen molar-refractivity contribution in [2.75, 3.05) is 34.5 Å². The summed E-state index contributed by atoms with van der Waals surface area (Å²) in [5.74, 6) is 7.85. The fourth-order valence-corrected chi connectivity index (χ4v) is 9.20. The molecule has 0 atom stereocenters. The third-order valence-electron chi connectivity index (χ3n) is 6.51. The van der Waals surface area contributed by atoms with Crippen molar-refractivity contribution < 1.29 is 10.2 Å². The molecule has 4 aromatic rings. The highest BCUT2D eigenvalue weighted by atomic mass is 33.1. The number of hydrogen-bond acceptors (Lipinski definition) is 6. The highest BCUT2D eigenvalue weighted by Crippen LogP contribution is 2.31. The van der Waals surface area contributed by atoms with Crippen LogP contribution >= 0.6 is 45.1 Å². The van der Waals surface area contributed by atoms with Crippen LogP contribution in [0.15, 0.2) is 97.1 Å². The molecule has 0 fully saturated rings. The van der Waals surface area contributed by atoms with E-state index in [0.717, 1.165) is 47.9 Å². The van der Waals surface area contributed by atoms with Crippen LogP contribution in [0, 0.1) is 0 Å². The Morgan fingerprint density at radius 2 is 0.875 bits per heavy atom. The lowest BCUT2D eigenvalue weighted by atomic mass is 10.00. The van der Waals surface area contributed by atoms with Gasteiger partial charge in [0.25, 0.3) is 0 Å². The summed E-state index contributed by atoms with van der Waals surface area (Å²) < 4.78 is 0. The molecule has 0 bridgehead atoms. The molecule has 4 aromatic carbocycles. The van der Waals surface area contributed by atoms with Crippen molar-refractivity contribution in [3.63, 3.8) is 0 Å². The lowest BCUT2D eigenvalue weighted by Crippen LogP contribution is -1.92. The van der Waals surface area contributed by atoms with Crippen LogP contribution < -0.4 is 0 Å². The topological polar surface area (TPSA) is 40.5 Å². The zero-order valence-corrected chi connectivity index (χ0v) is 26.1.